The first-order chi connectivity index (χ1) is 28.3. The van der Waals surface area contributed by atoms with Gasteiger partial charge in [-0.05, 0) is 64.3 Å². The van der Waals surface area contributed by atoms with Crippen molar-refractivity contribution in [2.24, 2.45) is 0 Å². The van der Waals surface area contributed by atoms with Gasteiger partial charge in [0.2, 0.25) is 33.1 Å². The van der Waals surface area contributed by atoms with E-state index in [1.165, 1.54) is 16.0 Å². The van der Waals surface area contributed by atoms with Gasteiger partial charge in [0.1, 0.15) is 13.1 Å². The van der Waals surface area contributed by atoms with Gasteiger partial charge in [0.25, 0.3) is 5.16 Å². The fraction of sp³-hybridized carbons (Fsp3) is 0.444. The summed E-state index contributed by atoms with van der Waals surface area (Å²) in [6.45, 7) is 10.4. The van der Waals surface area contributed by atoms with E-state index in [1.807, 2.05) is 32.9 Å². The summed E-state index contributed by atoms with van der Waals surface area (Å²) in [5, 5.41) is 22.6. The number of nitro groups is 2. The molecule has 0 aliphatic rings. The largest absolute Gasteiger partial charge is 1.00 e. The molecule has 332 valence electrons. The van der Waals surface area contributed by atoms with E-state index in [2.05, 4.69) is 29.9 Å². The van der Waals surface area contributed by atoms with Gasteiger partial charge in [0.15, 0.2) is 0 Å². The molecule has 23 nitrogen and oxygen atoms in total. The fourth-order valence-corrected chi connectivity index (χ4v) is 5.81. The number of halogens is 1. The van der Waals surface area contributed by atoms with E-state index >= 15 is 0 Å². The molecule has 0 aliphatic carbocycles. The predicted molar refractivity (Wildman–Crippen MR) is 218 cm³/mol. The molecule has 0 bridgehead atoms. The Morgan fingerprint density at radius 3 is 1.58 bits per heavy atom. The van der Waals surface area contributed by atoms with Crippen molar-refractivity contribution in [1.29, 1.82) is 0 Å². The Kier molecular flexibility index (Phi) is 22.6. The summed E-state index contributed by atoms with van der Waals surface area (Å²) in [4.78, 5) is 72.6. The molecule has 4 N–H and O–H groups in total. The zero-order chi connectivity index (χ0) is 44.7. The number of anilines is 4. The number of nitrogens with zero attached hydrogens (tertiary/aromatic N) is 10. The van der Waals surface area contributed by atoms with Crippen LogP contribution in [0.25, 0.3) is 0 Å². The molecule has 0 aromatic carbocycles. The molecule has 4 aromatic rings. The van der Waals surface area contributed by atoms with Crippen molar-refractivity contribution in [3.63, 3.8) is 0 Å². The van der Waals surface area contributed by atoms with Crippen molar-refractivity contribution in [1.82, 2.24) is 29.9 Å². The third-order valence-electron chi connectivity index (χ3n) is 7.98. The van der Waals surface area contributed by atoms with Crippen molar-refractivity contribution in [2.75, 3.05) is 53.8 Å². The maximum atomic E-state index is 12.2. The van der Waals surface area contributed by atoms with Gasteiger partial charge in [-0.1, -0.05) is 25.5 Å². The summed E-state index contributed by atoms with van der Waals surface area (Å²) < 4.78 is 39.4. The molecule has 1 unspecified atom stereocenters. The van der Waals surface area contributed by atoms with Crippen LogP contribution in [0.1, 0.15) is 63.1 Å². The summed E-state index contributed by atoms with van der Waals surface area (Å²) in [7, 11) is -3.92. The van der Waals surface area contributed by atoms with Crippen LogP contribution in [0.5, 0.6) is 6.01 Å². The van der Waals surface area contributed by atoms with Crippen LogP contribution in [0.2, 0.25) is 0 Å². The molecule has 62 heavy (non-hydrogen) atoms. The Balaban J connectivity index is 0.000000602. The molecule has 0 aliphatic heterocycles. The number of aryl methyl sites for hydroxylation is 2. The number of carbonyl (C=O) groups excluding carboxylic acids is 2. The average molecular weight is 915 g/mol. The van der Waals surface area contributed by atoms with E-state index in [-0.39, 0.29) is 113 Å². The zero-order valence-electron chi connectivity index (χ0n) is 35.6. The van der Waals surface area contributed by atoms with Gasteiger partial charge in [0, 0.05) is 43.1 Å². The molecule has 4 heterocycles. The number of pyridine rings is 2. The van der Waals surface area contributed by atoms with E-state index < -0.39 is 66.3 Å². The summed E-state index contributed by atoms with van der Waals surface area (Å²) in [6, 6.07) is 6.98. The van der Waals surface area contributed by atoms with Crippen molar-refractivity contribution < 1.29 is 98.2 Å². The minimum absolute atomic E-state index is 0. The average Bonchev–Trinajstić information content (AvgIpc) is 3.15. The number of carbonyl (C=O) groups is 2. The minimum Gasteiger partial charge on any atom is -1.00 e. The quantitative estimate of drug-likeness (QED) is 0.0322. The van der Waals surface area contributed by atoms with E-state index in [0.29, 0.717) is 5.56 Å². The second-order valence-corrected chi connectivity index (χ2v) is 15.0. The third kappa shape index (κ3) is 16.5. The van der Waals surface area contributed by atoms with Crippen LogP contribution in [0.3, 0.4) is 0 Å². The van der Waals surface area contributed by atoms with Crippen LogP contribution in [0.4, 0.5) is 34.6 Å². The van der Waals surface area contributed by atoms with E-state index in [0.717, 1.165) is 36.0 Å². The third-order valence-corrected chi connectivity index (χ3v) is 8.83. The number of ether oxygens (including phenoxy) is 3. The van der Waals surface area contributed by atoms with Crippen molar-refractivity contribution >= 4 is 56.4 Å². The monoisotopic (exact) mass is 914 g/mol. The van der Waals surface area contributed by atoms with Gasteiger partial charge in [-0.2, -0.15) is 19.9 Å². The fourth-order valence-electron chi connectivity index (χ4n) is 5.29. The van der Waals surface area contributed by atoms with Gasteiger partial charge >= 0.3 is 80.7 Å². The molecular formula is C36H48FKN12O11S. The van der Waals surface area contributed by atoms with E-state index in [1.54, 1.807) is 39.1 Å². The number of nitrogen functional groups attached to an aromatic ring is 2. The summed E-state index contributed by atoms with van der Waals surface area (Å²) >= 11 is 0. The molecule has 26 heteroatoms. The Morgan fingerprint density at radius 2 is 1.21 bits per heavy atom. The minimum atomic E-state index is -3.92. The maximum absolute atomic E-state index is 12.2. The summed E-state index contributed by atoms with van der Waals surface area (Å²) in [5.74, 6) is -2.74. The smallest absolute Gasteiger partial charge is 1.00 e. The Labute approximate surface area is 399 Å². The Bertz CT molecular complexity index is 2260. The standard InChI is InChI=1S/C20H28N6O5.C16H20N6O6S.FH.K/c1-5-7-14(4)31-20-23-18(21)17(26(28)29)19(24-20)25(12-16(27)30-6-2)11-15-9-8-13(3)22-10-15;1-4-28-12(23)9-21(8-11-6-5-10(2)18-7-11)15-13(22(24)25)14(17)19-16(20-15)29(3,26)27;;/h8-10,14H,5-7,11-12H2,1-4H3,(H2,21,23,24);5-7H,4,8-9H2,1-3H3,(H2,17,19,20);1H;/q;;;+1/p-1. The number of nitrogens with two attached hydrogens (primary N) is 2. The van der Waals surface area contributed by atoms with Crippen LogP contribution in [0.15, 0.2) is 41.8 Å². The summed E-state index contributed by atoms with van der Waals surface area (Å²) in [6.07, 6.45) is 5.42. The first-order valence-electron chi connectivity index (χ1n) is 18.4. The zero-order valence-corrected chi connectivity index (χ0v) is 39.5. The maximum Gasteiger partial charge on any atom is 1.00 e. The first-order valence-corrected chi connectivity index (χ1v) is 20.3. The second kappa shape index (κ2) is 25.6. The van der Waals surface area contributed by atoms with Gasteiger partial charge in [0.05, 0.1) is 29.2 Å². The van der Waals surface area contributed by atoms with Crippen LogP contribution in [-0.2, 0) is 42.0 Å². The molecule has 0 saturated carbocycles. The topological polar surface area (TPSA) is 318 Å². The van der Waals surface area contributed by atoms with Crippen LogP contribution < -0.4 is 82.1 Å². The van der Waals surface area contributed by atoms with Crippen LogP contribution in [0, 0.1) is 34.1 Å². The van der Waals surface area contributed by atoms with Gasteiger partial charge in [-0.3, -0.25) is 39.8 Å². The number of esters is 2. The van der Waals surface area contributed by atoms with Crippen molar-refractivity contribution in [2.45, 2.75) is 78.7 Å². The molecule has 0 radical (unpaired) electrons. The summed E-state index contributed by atoms with van der Waals surface area (Å²) in [5.41, 5.74) is 13.2. The normalized spacial score (nSPS) is 11.0. The van der Waals surface area contributed by atoms with Crippen molar-refractivity contribution in [3.05, 3.63) is 79.4 Å². The van der Waals surface area contributed by atoms with Crippen molar-refractivity contribution in [3.8, 4) is 6.01 Å². The SMILES string of the molecule is CCCC(C)Oc1nc(N)c([N+](=O)[O-])c(N(CC(=O)OCC)Cc2ccc(C)nc2)n1.CCOC(=O)CN(Cc1ccc(C)nc1)c1nc(S(C)(=O)=O)nc(N)c1[N+](=O)[O-].[F-].[K+]. The predicted octanol–water partition coefficient (Wildman–Crippen LogP) is -2.54. The van der Waals surface area contributed by atoms with Crippen LogP contribution >= 0.6 is 0 Å². The molecule has 0 fully saturated rings. The van der Waals surface area contributed by atoms with E-state index in [9.17, 15) is 38.2 Å². The molecule has 4 aromatic heterocycles. The molecule has 0 amide bonds. The molecule has 0 spiro atoms. The number of sulfone groups is 1. The number of rotatable bonds is 19. The number of hydrogen-bond donors (Lipinski definition) is 2. The van der Waals surface area contributed by atoms with Gasteiger partial charge in [-0.15, -0.1) is 0 Å². The van der Waals surface area contributed by atoms with E-state index in [4.69, 9.17) is 25.7 Å². The molecule has 0 saturated heterocycles. The second-order valence-electron chi connectivity index (χ2n) is 13.1. The molecule has 4 rings (SSSR count). The number of aromatic nitrogens is 6. The Morgan fingerprint density at radius 1 is 0.774 bits per heavy atom. The Hall–Kier alpha value is -5.28. The van der Waals surface area contributed by atoms with Gasteiger partial charge < -0.3 is 40.2 Å². The molecular weight excluding hydrogens is 867 g/mol. The number of hydrogen-bond acceptors (Lipinski definition) is 21. The molecule has 1 atom stereocenters. The first kappa shape index (κ1) is 54.7. The van der Waals surface area contributed by atoms with Crippen LogP contribution in [-0.4, -0.2) is 98.8 Å². The van der Waals surface area contributed by atoms with Gasteiger partial charge in [-0.25, -0.2) is 8.42 Å².